The lowest BCUT2D eigenvalue weighted by Gasteiger charge is -2.37. The predicted octanol–water partition coefficient (Wildman–Crippen LogP) is 1.52. The number of carboxylic acid groups (broad SMARTS) is 1. The minimum Gasteiger partial charge on any atom is -0.465 e. The van der Waals surface area contributed by atoms with Crippen LogP contribution in [-0.2, 0) is 5.60 Å². The van der Waals surface area contributed by atoms with Crippen molar-refractivity contribution in [2.24, 2.45) is 0 Å². The van der Waals surface area contributed by atoms with E-state index in [1.165, 1.54) is 4.90 Å². The van der Waals surface area contributed by atoms with E-state index in [0.717, 1.165) is 5.56 Å². The lowest BCUT2D eigenvalue weighted by Crippen LogP contribution is -2.44. The summed E-state index contributed by atoms with van der Waals surface area (Å²) >= 11 is 0. The molecule has 0 spiro atoms. The van der Waals surface area contributed by atoms with Crippen LogP contribution in [0, 0.1) is 11.3 Å². The summed E-state index contributed by atoms with van der Waals surface area (Å²) in [6.45, 7) is 0.650. The van der Waals surface area contributed by atoms with Gasteiger partial charge in [-0.1, -0.05) is 12.1 Å². The summed E-state index contributed by atoms with van der Waals surface area (Å²) in [6.07, 6.45) is -0.187. The normalized spacial score (nSPS) is 18.1. The molecular formula is C13H14N2O3. The molecule has 1 fully saturated rings. The van der Waals surface area contributed by atoms with E-state index in [-0.39, 0.29) is 0 Å². The molecule has 0 radical (unpaired) electrons. The number of benzene rings is 1. The van der Waals surface area contributed by atoms with Crippen LogP contribution in [0.4, 0.5) is 4.79 Å². The van der Waals surface area contributed by atoms with E-state index in [0.29, 0.717) is 31.5 Å². The standard InChI is InChI=1S/C13H14N2O3/c14-9-10-1-3-11(4-2-10)13(18)5-7-15(8-6-13)12(16)17/h1-4,18H,5-8H2,(H,16,17). The van der Waals surface area contributed by atoms with Crippen LogP contribution in [0.5, 0.6) is 0 Å². The van der Waals surface area contributed by atoms with Gasteiger partial charge in [0, 0.05) is 13.1 Å². The van der Waals surface area contributed by atoms with Gasteiger partial charge in [-0.15, -0.1) is 0 Å². The van der Waals surface area contributed by atoms with Crippen LogP contribution >= 0.6 is 0 Å². The second-order valence-corrected chi connectivity index (χ2v) is 4.49. The Morgan fingerprint density at radius 2 is 1.83 bits per heavy atom. The highest BCUT2D eigenvalue weighted by atomic mass is 16.4. The number of carbonyl (C=O) groups is 1. The van der Waals surface area contributed by atoms with Crippen molar-refractivity contribution in [2.45, 2.75) is 18.4 Å². The van der Waals surface area contributed by atoms with Gasteiger partial charge in [-0.25, -0.2) is 4.79 Å². The van der Waals surface area contributed by atoms with Gasteiger partial charge in [0.2, 0.25) is 0 Å². The van der Waals surface area contributed by atoms with Gasteiger partial charge in [-0.05, 0) is 30.5 Å². The van der Waals surface area contributed by atoms with Gasteiger partial charge < -0.3 is 15.1 Å². The van der Waals surface area contributed by atoms with Crippen molar-refractivity contribution < 1.29 is 15.0 Å². The first-order valence-corrected chi connectivity index (χ1v) is 5.76. The molecule has 1 heterocycles. The van der Waals surface area contributed by atoms with Crippen LogP contribution in [0.3, 0.4) is 0 Å². The van der Waals surface area contributed by atoms with Gasteiger partial charge in [0.25, 0.3) is 0 Å². The largest absolute Gasteiger partial charge is 0.465 e. The molecule has 0 atom stereocenters. The number of likely N-dealkylation sites (tertiary alicyclic amines) is 1. The van der Waals surface area contributed by atoms with Gasteiger partial charge in [0.1, 0.15) is 0 Å². The van der Waals surface area contributed by atoms with Crippen molar-refractivity contribution >= 4 is 6.09 Å². The molecule has 18 heavy (non-hydrogen) atoms. The second kappa shape index (κ2) is 4.67. The highest BCUT2D eigenvalue weighted by Gasteiger charge is 2.35. The molecule has 5 heteroatoms. The van der Waals surface area contributed by atoms with E-state index < -0.39 is 11.7 Å². The van der Waals surface area contributed by atoms with Crippen molar-refractivity contribution in [1.82, 2.24) is 4.90 Å². The Labute approximate surface area is 105 Å². The van der Waals surface area contributed by atoms with Gasteiger partial charge in [-0.2, -0.15) is 5.26 Å². The van der Waals surface area contributed by atoms with Crippen molar-refractivity contribution in [3.63, 3.8) is 0 Å². The zero-order valence-corrected chi connectivity index (χ0v) is 9.83. The molecule has 2 N–H and O–H groups in total. The van der Waals surface area contributed by atoms with Crippen molar-refractivity contribution in [1.29, 1.82) is 5.26 Å². The molecule has 1 aliphatic heterocycles. The average Bonchev–Trinajstić information content (AvgIpc) is 2.39. The molecular weight excluding hydrogens is 232 g/mol. The number of hydrogen-bond acceptors (Lipinski definition) is 3. The molecule has 94 valence electrons. The fourth-order valence-corrected chi connectivity index (χ4v) is 2.21. The maximum Gasteiger partial charge on any atom is 0.407 e. The van der Waals surface area contributed by atoms with E-state index in [1.54, 1.807) is 24.3 Å². The number of aliphatic hydroxyl groups is 1. The van der Waals surface area contributed by atoms with Crippen LogP contribution in [0.2, 0.25) is 0 Å². The third-order valence-corrected chi connectivity index (χ3v) is 3.41. The molecule has 1 saturated heterocycles. The van der Waals surface area contributed by atoms with Crippen LogP contribution in [0.25, 0.3) is 0 Å². The highest BCUT2D eigenvalue weighted by molar-refractivity contribution is 5.65. The molecule has 0 aromatic heterocycles. The Bertz CT molecular complexity index is 482. The minimum absolute atomic E-state index is 0.325. The van der Waals surface area contributed by atoms with Gasteiger partial charge >= 0.3 is 6.09 Å². The molecule has 1 aromatic rings. The molecule has 2 rings (SSSR count). The number of rotatable bonds is 1. The predicted molar refractivity (Wildman–Crippen MR) is 63.9 cm³/mol. The Morgan fingerprint density at radius 3 is 2.28 bits per heavy atom. The highest BCUT2D eigenvalue weighted by Crippen LogP contribution is 2.32. The summed E-state index contributed by atoms with van der Waals surface area (Å²) < 4.78 is 0. The molecule has 1 aromatic carbocycles. The van der Waals surface area contributed by atoms with Gasteiger partial charge in [0.15, 0.2) is 0 Å². The molecule has 0 saturated carbocycles. The minimum atomic E-state index is -0.986. The Morgan fingerprint density at radius 1 is 1.28 bits per heavy atom. The Kier molecular flexibility index (Phi) is 3.21. The molecule has 1 aliphatic rings. The number of nitrogens with zero attached hydrogens (tertiary/aromatic N) is 2. The maximum absolute atomic E-state index is 10.8. The molecule has 0 aliphatic carbocycles. The van der Waals surface area contributed by atoms with E-state index in [4.69, 9.17) is 10.4 Å². The Balaban J connectivity index is 2.13. The van der Waals surface area contributed by atoms with Crippen molar-refractivity contribution in [3.8, 4) is 6.07 Å². The summed E-state index contributed by atoms with van der Waals surface area (Å²) in [5, 5.41) is 28.1. The van der Waals surface area contributed by atoms with Gasteiger partial charge in [-0.3, -0.25) is 0 Å². The fourth-order valence-electron chi connectivity index (χ4n) is 2.21. The fraction of sp³-hybridized carbons (Fsp3) is 0.385. The first-order chi connectivity index (χ1) is 8.55. The number of amides is 1. The van der Waals surface area contributed by atoms with Crippen molar-refractivity contribution in [2.75, 3.05) is 13.1 Å². The summed E-state index contributed by atoms with van der Waals surface area (Å²) in [5.41, 5.74) is 0.303. The third-order valence-electron chi connectivity index (χ3n) is 3.41. The summed E-state index contributed by atoms with van der Waals surface area (Å²) in [4.78, 5) is 12.1. The monoisotopic (exact) mass is 246 g/mol. The lowest BCUT2D eigenvalue weighted by molar-refractivity contribution is -0.0213. The van der Waals surface area contributed by atoms with E-state index >= 15 is 0 Å². The molecule has 5 nitrogen and oxygen atoms in total. The molecule has 1 amide bonds. The summed E-state index contributed by atoms with van der Waals surface area (Å²) in [6, 6.07) is 8.81. The van der Waals surface area contributed by atoms with Crippen molar-refractivity contribution in [3.05, 3.63) is 35.4 Å². The van der Waals surface area contributed by atoms with Crippen LogP contribution < -0.4 is 0 Å². The smallest absolute Gasteiger partial charge is 0.407 e. The van der Waals surface area contributed by atoms with Crippen LogP contribution in [0.15, 0.2) is 24.3 Å². The summed E-state index contributed by atoms with van der Waals surface area (Å²) in [5.74, 6) is 0. The maximum atomic E-state index is 10.8. The summed E-state index contributed by atoms with van der Waals surface area (Å²) in [7, 11) is 0. The third kappa shape index (κ3) is 2.29. The number of piperidine rings is 1. The molecule has 0 bridgehead atoms. The number of nitriles is 1. The van der Waals surface area contributed by atoms with Gasteiger partial charge in [0.05, 0.1) is 17.2 Å². The Hall–Kier alpha value is -2.06. The average molecular weight is 246 g/mol. The quantitative estimate of drug-likeness (QED) is 0.786. The number of hydrogen-bond donors (Lipinski definition) is 2. The van der Waals surface area contributed by atoms with E-state index in [1.807, 2.05) is 6.07 Å². The zero-order valence-electron chi connectivity index (χ0n) is 9.83. The zero-order chi connectivity index (χ0) is 13.2. The first kappa shape index (κ1) is 12.4. The van der Waals surface area contributed by atoms with Crippen LogP contribution in [-0.4, -0.2) is 34.3 Å². The lowest BCUT2D eigenvalue weighted by atomic mass is 9.84. The van der Waals surface area contributed by atoms with Crippen LogP contribution in [0.1, 0.15) is 24.0 Å². The SMILES string of the molecule is N#Cc1ccc(C2(O)CCN(C(=O)O)CC2)cc1. The first-order valence-electron chi connectivity index (χ1n) is 5.76. The topological polar surface area (TPSA) is 84.6 Å². The van der Waals surface area contributed by atoms with E-state index in [2.05, 4.69) is 0 Å². The second-order valence-electron chi connectivity index (χ2n) is 4.49. The molecule has 0 unspecified atom stereocenters. The van der Waals surface area contributed by atoms with E-state index in [9.17, 15) is 9.90 Å².